The van der Waals surface area contributed by atoms with E-state index in [9.17, 15) is 22.4 Å². The first-order valence-electron chi connectivity index (χ1n) is 10.6. The average molecular weight is 438 g/mol. The van der Waals surface area contributed by atoms with Crippen LogP contribution in [0.2, 0.25) is 0 Å². The molecule has 1 aromatic carbocycles. The molecule has 0 radical (unpaired) electrons. The molecule has 4 rings (SSSR count). The van der Waals surface area contributed by atoms with Crippen LogP contribution in [-0.4, -0.2) is 58.3 Å². The van der Waals surface area contributed by atoms with Crippen molar-refractivity contribution in [2.75, 3.05) is 26.2 Å². The van der Waals surface area contributed by atoms with Crippen molar-refractivity contribution < 1.29 is 22.4 Å². The van der Waals surface area contributed by atoms with E-state index in [2.05, 4.69) is 10.2 Å². The summed E-state index contributed by atoms with van der Waals surface area (Å²) in [6, 6.07) is 5.14. The highest BCUT2D eigenvalue weighted by atomic mass is 19.4. The number of halogens is 4. The Hall–Kier alpha value is -2.42. The highest BCUT2D eigenvalue weighted by Gasteiger charge is 2.32. The van der Waals surface area contributed by atoms with E-state index in [1.807, 2.05) is 6.07 Å². The lowest BCUT2D eigenvalue weighted by atomic mass is 9.86. The fourth-order valence-corrected chi connectivity index (χ4v) is 4.64. The van der Waals surface area contributed by atoms with Gasteiger partial charge in [0.05, 0.1) is 12.1 Å². The predicted octanol–water partition coefficient (Wildman–Crippen LogP) is 4.19. The van der Waals surface area contributed by atoms with Crippen LogP contribution >= 0.6 is 0 Å². The Balaban J connectivity index is 1.37. The topological polar surface area (TPSA) is 52.2 Å². The minimum Gasteiger partial charge on any atom is -0.337 e. The summed E-state index contributed by atoms with van der Waals surface area (Å²) in [6.45, 7) is 3.68. The molecule has 0 unspecified atom stereocenters. The number of rotatable bonds is 4. The number of nitrogens with zero attached hydrogens (tertiary/aromatic N) is 3. The number of alkyl halides is 3. The Labute approximate surface area is 178 Å². The summed E-state index contributed by atoms with van der Waals surface area (Å²) in [7, 11) is 0. The first-order valence-corrected chi connectivity index (χ1v) is 10.6. The van der Waals surface area contributed by atoms with Crippen LogP contribution in [0.4, 0.5) is 17.6 Å². The number of amides is 1. The van der Waals surface area contributed by atoms with Gasteiger partial charge in [-0.2, -0.15) is 18.3 Å². The third-order valence-corrected chi connectivity index (χ3v) is 6.46. The van der Waals surface area contributed by atoms with Crippen molar-refractivity contribution in [1.82, 2.24) is 20.0 Å². The first kappa shape index (κ1) is 21.8. The molecule has 1 saturated heterocycles. The number of aromatic amines is 1. The van der Waals surface area contributed by atoms with Gasteiger partial charge in [-0.05, 0) is 49.3 Å². The molecule has 0 spiro atoms. The van der Waals surface area contributed by atoms with E-state index in [4.69, 9.17) is 0 Å². The number of aromatic nitrogens is 2. The normalized spacial score (nSPS) is 18.3. The van der Waals surface area contributed by atoms with Gasteiger partial charge in [0, 0.05) is 38.3 Å². The highest BCUT2D eigenvalue weighted by Crippen LogP contribution is 2.32. The minimum absolute atomic E-state index is 0.0573. The van der Waals surface area contributed by atoms with Gasteiger partial charge in [-0.15, -0.1) is 0 Å². The van der Waals surface area contributed by atoms with Gasteiger partial charge < -0.3 is 4.90 Å². The van der Waals surface area contributed by atoms with Gasteiger partial charge in [0.2, 0.25) is 0 Å². The van der Waals surface area contributed by atoms with Crippen molar-refractivity contribution in [2.24, 2.45) is 0 Å². The number of nitrogens with one attached hydrogen (secondary N) is 1. The molecule has 0 aliphatic carbocycles. The zero-order valence-corrected chi connectivity index (χ0v) is 17.4. The number of fused-ring (bicyclic) bond motifs is 1. The maximum absolute atomic E-state index is 13.9. The van der Waals surface area contributed by atoms with Gasteiger partial charge >= 0.3 is 6.18 Å². The zero-order chi connectivity index (χ0) is 22.2. The smallest absolute Gasteiger partial charge is 0.337 e. The van der Waals surface area contributed by atoms with Crippen molar-refractivity contribution in [1.29, 1.82) is 0 Å². The number of H-pyrrole nitrogens is 1. The van der Waals surface area contributed by atoms with Gasteiger partial charge in [-0.3, -0.25) is 14.8 Å². The molecule has 1 aromatic heterocycles. The highest BCUT2D eigenvalue weighted by molar-refractivity contribution is 5.94. The van der Waals surface area contributed by atoms with Gasteiger partial charge in [-0.1, -0.05) is 12.1 Å². The zero-order valence-electron chi connectivity index (χ0n) is 17.4. The van der Waals surface area contributed by atoms with Crippen LogP contribution in [0.5, 0.6) is 0 Å². The van der Waals surface area contributed by atoms with E-state index in [1.165, 1.54) is 6.07 Å². The lowest BCUT2D eigenvalue weighted by molar-refractivity contribution is -0.138. The maximum atomic E-state index is 13.9. The summed E-state index contributed by atoms with van der Waals surface area (Å²) in [4.78, 5) is 16.6. The van der Waals surface area contributed by atoms with Crippen molar-refractivity contribution >= 4 is 5.91 Å². The first-order chi connectivity index (χ1) is 14.7. The molecule has 3 heterocycles. The van der Waals surface area contributed by atoms with Crippen LogP contribution in [0.25, 0.3) is 0 Å². The summed E-state index contributed by atoms with van der Waals surface area (Å²) in [5, 5.41) is 7.06. The van der Waals surface area contributed by atoms with Gasteiger partial charge in [0.1, 0.15) is 5.82 Å². The molecule has 2 aliphatic rings. The second-order valence-corrected chi connectivity index (χ2v) is 8.44. The third kappa shape index (κ3) is 4.76. The fraction of sp³-hybridized carbons (Fsp3) is 0.545. The van der Waals surface area contributed by atoms with Gasteiger partial charge in [0.25, 0.3) is 5.91 Å². The summed E-state index contributed by atoms with van der Waals surface area (Å²) in [5.41, 5.74) is 3.59. The largest absolute Gasteiger partial charge is 0.390 e. The van der Waals surface area contributed by atoms with Crippen LogP contribution in [0, 0.1) is 12.7 Å². The summed E-state index contributed by atoms with van der Waals surface area (Å²) in [5.74, 6) is -0.130. The van der Waals surface area contributed by atoms with E-state index >= 15 is 0 Å². The molecule has 0 bridgehead atoms. The second kappa shape index (κ2) is 8.61. The summed E-state index contributed by atoms with van der Waals surface area (Å²) < 4.78 is 51.3. The number of benzene rings is 1. The Morgan fingerprint density at radius 3 is 2.68 bits per heavy atom. The van der Waals surface area contributed by atoms with Crippen LogP contribution < -0.4 is 0 Å². The van der Waals surface area contributed by atoms with Crippen LogP contribution in [0.15, 0.2) is 18.2 Å². The van der Waals surface area contributed by atoms with Crippen LogP contribution in [-0.2, 0) is 13.0 Å². The molecular weight excluding hydrogens is 412 g/mol. The summed E-state index contributed by atoms with van der Waals surface area (Å²) >= 11 is 0. The lowest BCUT2D eigenvalue weighted by Gasteiger charge is -2.33. The van der Waals surface area contributed by atoms with Crippen molar-refractivity contribution in [3.05, 3.63) is 52.1 Å². The number of carbonyl (C=O) groups is 1. The minimum atomic E-state index is -4.18. The molecule has 168 valence electrons. The molecule has 0 atom stereocenters. The number of likely N-dealkylation sites (tertiary alicyclic amines) is 1. The molecule has 1 amide bonds. The van der Waals surface area contributed by atoms with E-state index in [0.717, 1.165) is 29.7 Å². The molecule has 5 nitrogen and oxygen atoms in total. The molecule has 31 heavy (non-hydrogen) atoms. The van der Waals surface area contributed by atoms with Crippen LogP contribution in [0.3, 0.4) is 0 Å². The average Bonchev–Trinajstić information content (AvgIpc) is 3.17. The molecule has 0 saturated carbocycles. The quantitative estimate of drug-likeness (QED) is 0.729. The van der Waals surface area contributed by atoms with E-state index < -0.39 is 12.6 Å². The van der Waals surface area contributed by atoms with Gasteiger partial charge in [0.15, 0.2) is 5.69 Å². The monoisotopic (exact) mass is 438 g/mol. The van der Waals surface area contributed by atoms with Gasteiger partial charge in [-0.25, -0.2) is 4.39 Å². The molecule has 2 aromatic rings. The molecule has 1 N–H and O–H groups in total. The number of hydrogen-bond donors (Lipinski definition) is 1. The van der Waals surface area contributed by atoms with Crippen LogP contribution in [0.1, 0.15) is 58.1 Å². The second-order valence-electron chi connectivity index (χ2n) is 8.44. The Kier molecular flexibility index (Phi) is 6.05. The molecular formula is C22H26F4N4O. The summed E-state index contributed by atoms with van der Waals surface area (Å²) in [6.07, 6.45) is -3.00. The number of carbonyl (C=O) groups excluding carboxylic acids is 1. The molecule has 2 aliphatic heterocycles. The van der Waals surface area contributed by atoms with E-state index in [1.54, 1.807) is 22.8 Å². The van der Waals surface area contributed by atoms with Crippen molar-refractivity contribution in [3.63, 3.8) is 0 Å². The SMILES string of the molecule is Cc1c(F)cccc1C1CCN(C(=O)c2n[nH]c3c2CCN(CCC(F)(F)F)C3)CC1. The number of piperidine rings is 1. The predicted molar refractivity (Wildman–Crippen MR) is 107 cm³/mol. The third-order valence-electron chi connectivity index (χ3n) is 6.46. The fourth-order valence-electron chi connectivity index (χ4n) is 4.64. The maximum Gasteiger partial charge on any atom is 0.390 e. The Morgan fingerprint density at radius 2 is 1.97 bits per heavy atom. The Bertz CT molecular complexity index is 947. The van der Waals surface area contributed by atoms with Crippen molar-refractivity contribution in [3.8, 4) is 0 Å². The molecule has 9 heteroatoms. The standard InChI is InChI=1S/C22H26F4N4O/c1-14-16(3-2-4-18(14)23)15-5-10-30(11-6-15)21(31)20-17-7-9-29(12-8-22(24,25)26)13-19(17)27-28-20/h2-4,15H,5-13H2,1H3,(H,27,28). The van der Waals surface area contributed by atoms with E-state index in [0.29, 0.717) is 43.9 Å². The van der Waals surface area contributed by atoms with E-state index in [-0.39, 0.29) is 24.2 Å². The van der Waals surface area contributed by atoms with Crippen molar-refractivity contribution in [2.45, 2.75) is 51.2 Å². The number of hydrogen-bond acceptors (Lipinski definition) is 3. The Morgan fingerprint density at radius 1 is 1.23 bits per heavy atom. The lowest BCUT2D eigenvalue weighted by Crippen LogP contribution is -2.39. The molecule has 1 fully saturated rings.